The Labute approximate surface area is 149 Å². The number of aromatic nitrogens is 1. The van der Waals surface area contributed by atoms with Crippen LogP contribution in [0, 0.1) is 0 Å². The van der Waals surface area contributed by atoms with Crippen molar-refractivity contribution in [2.24, 2.45) is 7.05 Å². The summed E-state index contributed by atoms with van der Waals surface area (Å²) in [7, 11) is 2.18. The van der Waals surface area contributed by atoms with E-state index in [0.717, 1.165) is 37.2 Å². The van der Waals surface area contributed by atoms with Gasteiger partial charge >= 0.3 is 0 Å². The molecule has 0 bridgehead atoms. The third kappa shape index (κ3) is 2.60. The van der Waals surface area contributed by atoms with Gasteiger partial charge in [0.25, 0.3) is 0 Å². The van der Waals surface area contributed by atoms with Gasteiger partial charge in [-0.05, 0) is 24.1 Å². The lowest BCUT2D eigenvalue weighted by atomic mass is 9.99. The van der Waals surface area contributed by atoms with Gasteiger partial charge < -0.3 is 15.2 Å². The topological polar surface area (TPSA) is 29.0 Å². The Bertz CT molecular complexity index is 949. The van der Waals surface area contributed by atoms with Gasteiger partial charge in [0.2, 0.25) is 0 Å². The molecule has 0 aliphatic carbocycles. The number of anilines is 2. The average Bonchev–Trinajstić information content (AvgIpc) is 2.76. The number of benzene rings is 2. The zero-order chi connectivity index (χ0) is 17.4. The van der Waals surface area contributed by atoms with Crippen molar-refractivity contribution in [1.82, 2.24) is 4.57 Å². The Hall–Kier alpha value is -2.68. The molecule has 0 radical (unpaired) electrons. The zero-order valence-electron chi connectivity index (χ0n) is 15.0. The molecule has 0 spiro atoms. The van der Waals surface area contributed by atoms with Gasteiger partial charge in [0.05, 0.1) is 17.1 Å². The first-order valence-electron chi connectivity index (χ1n) is 9.09. The van der Waals surface area contributed by atoms with Crippen LogP contribution in [0.2, 0.25) is 0 Å². The standard InChI is InChI=1S/C22H25N3/c1-4-8-17-16-9-5-6-12-20(16)25(3)22(17)18-10-7-11-19-21(18)23-14-13-15(2)24-19/h5-7,9-12,23-24H,2,4,8,13-14H2,1,3H3. The molecule has 0 atom stereocenters. The fraction of sp³-hybridized carbons (Fsp3) is 0.273. The van der Waals surface area contributed by atoms with Crippen LogP contribution in [0.1, 0.15) is 25.3 Å². The Morgan fingerprint density at radius 2 is 1.96 bits per heavy atom. The maximum absolute atomic E-state index is 4.12. The molecule has 1 aromatic heterocycles. The monoisotopic (exact) mass is 331 g/mol. The number of hydrogen-bond donors (Lipinski definition) is 2. The van der Waals surface area contributed by atoms with Crippen LogP contribution in [0.25, 0.3) is 22.2 Å². The maximum atomic E-state index is 4.12. The Morgan fingerprint density at radius 1 is 1.12 bits per heavy atom. The number of rotatable bonds is 3. The molecule has 0 unspecified atom stereocenters. The second-order valence-corrected chi connectivity index (χ2v) is 6.79. The first kappa shape index (κ1) is 15.8. The molecule has 0 fully saturated rings. The van der Waals surface area contributed by atoms with Gasteiger partial charge in [-0.1, -0.05) is 50.3 Å². The lowest BCUT2D eigenvalue weighted by molar-refractivity contribution is 0.909. The van der Waals surface area contributed by atoms with E-state index < -0.39 is 0 Å². The van der Waals surface area contributed by atoms with Gasteiger partial charge in [0.1, 0.15) is 0 Å². The van der Waals surface area contributed by atoms with Crippen LogP contribution in [0.3, 0.4) is 0 Å². The third-order valence-electron chi connectivity index (χ3n) is 5.07. The van der Waals surface area contributed by atoms with E-state index in [2.05, 4.69) is 78.2 Å². The van der Waals surface area contributed by atoms with Crippen LogP contribution < -0.4 is 10.6 Å². The minimum atomic E-state index is 0.906. The van der Waals surface area contributed by atoms with E-state index in [9.17, 15) is 0 Å². The minimum Gasteiger partial charge on any atom is -0.382 e. The first-order chi connectivity index (χ1) is 12.2. The Kier molecular flexibility index (Phi) is 4.00. The van der Waals surface area contributed by atoms with E-state index in [-0.39, 0.29) is 0 Å². The highest BCUT2D eigenvalue weighted by Gasteiger charge is 2.21. The van der Waals surface area contributed by atoms with Crippen LogP contribution in [0.15, 0.2) is 54.7 Å². The van der Waals surface area contributed by atoms with E-state index in [1.54, 1.807) is 0 Å². The summed E-state index contributed by atoms with van der Waals surface area (Å²) < 4.78 is 2.34. The molecule has 2 aromatic carbocycles. The van der Waals surface area contributed by atoms with Gasteiger partial charge in [-0.15, -0.1) is 0 Å². The number of para-hydroxylation sites is 2. The quantitative estimate of drug-likeness (QED) is 0.660. The third-order valence-corrected chi connectivity index (χ3v) is 5.07. The van der Waals surface area contributed by atoms with Crippen molar-refractivity contribution >= 4 is 22.3 Å². The Morgan fingerprint density at radius 3 is 2.80 bits per heavy atom. The van der Waals surface area contributed by atoms with Crippen molar-refractivity contribution in [2.45, 2.75) is 26.2 Å². The van der Waals surface area contributed by atoms with Gasteiger partial charge in [0.15, 0.2) is 0 Å². The van der Waals surface area contributed by atoms with Crippen LogP contribution in [0.5, 0.6) is 0 Å². The predicted octanol–water partition coefficient (Wildman–Crippen LogP) is 5.54. The maximum Gasteiger partial charge on any atom is 0.0674 e. The summed E-state index contributed by atoms with van der Waals surface area (Å²) in [5.74, 6) is 0. The molecular formula is C22H25N3. The van der Waals surface area contributed by atoms with Gasteiger partial charge in [0, 0.05) is 42.2 Å². The van der Waals surface area contributed by atoms with Crippen molar-refractivity contribution in [3.63, 3.8) is 0 Å². The molecule has 0 saturated carbocycles. The SMILES string of the molecule is C=C1CCNc2c(cccc2-c2c(CCC)c3ccccc3n2C)N1. The van der Waals surface area contributed by atoms with Crippen LogP contribution in [0.4, 0.5) is 11.4 Å². The largest absolute Gasteiger partial charge is 0.382 e. The van der Waals surface area contributed by atoms with E-state index in [4.69, 9.17) is 0 Å². The average molecular weight is 331 g/mol. The zero-order valence-corrected chi connectivity index (χ0v) is 15.0. The van der Waals surface area contributed by atoms with E-state index >= 15 is 0 Å². The summed E-state index contributed by atoms with van der Waals surface area (Å²) in [6.07, 6.45) is 3.16. The number of hydrogen-bond acceptors (Lipinski definition) is 2. The van der Waals surface area contributed by atoms with Crippen molar-refractivity contribution in [1.29, 1.82) is 0 Å². The normalized spacial score (nSPS) is 13.9. The fourth-order valence-corrected chi connectivity index (χ4v) is 3.95. The Balaban J connectivity index is 2.00. The summed E-state index contributed by atoms with van der Waals surface area (Å²) >= 11 is 0. The van der Waals surface area contributed by atoms with Crippen molar-refractivity contribution in [3.8, 4) is 11.3 Å². The highest BCUT2D eigenvalue weighted by molar-refractivity contribution is 5.97. The summed E-state index contributed by atoms with van der Waals surface area (Å²) in [5.41, 5.74) is 8.69. The molecular weight excluding hydrogens is 306 g/mol. The number of aryl methyl sites for hydroxylation is 2. The van der Waals surface area contributed by atoms with Gasteiger partial charge in [-0.2, -0.15) is 0 Å². The molecule has 2 N–H and O–H groups in total. The van der Waals surface area contributed by atoms with E-state index in [1.165, 1.54) is 33.4 Å². The molecule has 1 aliphatic rings. The second-order valence-electron chi connectivity index (χ2n) is 6.79. The van der Waals surface area contributed by atoms with Crippen molar-refractivity contribution in [3.05, 3.63) is 60.3 Å². The molecule has 4 rings (SSSR count). The molecule has 3 heteroatoms. The second kappa shape index (κ2) is 6.32. The molecule has 0 amide bonds. The molecule has 2 heterocycles. The smallest absolute Gasteiger partial charge is 0.0674 e. The highest BCUT2D eigenvalue weighted by atomic mass is 15.0. The minimum absolute atomic E-state index is 0.906. The van der Waals surface area contributed by atoms with Crippen LogP contribution in [-0.4, -0.2) is 11.1 Å². The van der Waals surface area contributed by atoms with Crippen molar-refractivity contribution < 1.29 is 0 Å². The number of nitrogens with zero attached hydrogens (tertiary/aromatic N) is 1. The van der Waals surface area contributed by atoms with E-state index in [0.29, 0.717) is 0 Å². The number of fused-ring (bicyclic) bond motifs is 2. The predicted molar refractivity (Wildman–Crippen MR) is 108 cm³/mol. The molecule has 25 heavy (non-hydrogen) atoms. The highest BCUT2D eigenvalue weighted by Crippen LogP contribution is 2.41. The van der Waals surface area contributed by atoms with Crippen molar-refractivity contribution in [2.75, 3.05) is 17.2 Å². The summed E-state index contributed by atoms with van der Waals surface area (Å²) in [4.78, 5) is 0. The van der Waals surface area contributed by atoms with Crippen LogP contribution in [-0.2, 0) is 13.5 Å². The lowest BCUT2D eigenvalue weighted by Crippen LogP contribution is -2.03. The fourth-order valence-electron chi connectivity index (χ4n) is 3.95. The molecule has 1 aliphatic heterocycles. The summed E-state index contributed by atoms with van der Waals surface area (Å²) in [6, 6.07) is 15.2. The first-order valence-corrected chi connectivity index (χ1v) is 9.09. The molecule has 3 nitrogen and oxygen atoms in total. The number of nitrogens with one attached hydrogen (secondary N) is 2. The van der Waals surface area contributed by atoms with E-state index in [1.807, 2.05) is 0 Å². The summed E-state index contributed by atoms with van der Waals surface area (Å²) in [5, 5.41) is 8.46. The van der Waals surface area contributed by atoms with Crippen LogP contribution >= 0.6 is 0 Å². The lowest BCUT2D eigenvalue weighted by Gasteiger charge is -2.16. The molecule has 0 saturated heterocycles. The molecule has 3 aromatic rings. The van der Waals surface area contributed by atoms with Gasteiger partial charge in [-0.3, -0.25) is 0 Å². The molecule has 128 valence electrons. The van der Waals surface area contributed by atoms with Gasteiger partial charge in [-0.25, -0.2) is 0 Å². The summed E-state index contributed by atoms with van der Waals surface area (Å²) in [6.45, 7) is 7.27.